The summed E-state index contributed by atoms with van der Waals surface area (Å²) in [6.45, 7) is 2.19. The summed E-state index contributed by atoms with van der Waals surface area (Å²) in [5, 5.41) is 11.2. The third-order valence-electron chi connectivity index (χ3n) is 4.90. The van der Waals surface area contributed by atoms with E-state index < -0.39 is 4.92 Å². The number of thioether (sulfide) groups is 1. The summed E-state index contributed by atoms with van der Waals surface area (Å²) in [6.07, 6.45) is 2.82. The van der Waals surface area contributed by atoms with Crippen molar-refractivity contribution in [3.63, 3.8) is 0 Å². The molecule has 3 aromatic rings. The first-order valence-corrected chi connectivity index (χ1v) is 12.1. The fourth-order valence-corrected chi connectivity index (χ4v) is 4.81. The third-order valence-corrected chi connectivity index (χ3v) is 6.50. The number of thiocarbonyl (C=S) groups is 1. The molecule has 1 aliphatic rings. The van der Waals surface area contributed by atoms with Gasteiger partial charge in [0.15, 0.2) is 15.8 Å². The van der Waals surface area contributed by atoms with Gasteiger partial charge in [-0.05, 0) is 48.9 Å². The molecule has 1 aromatic heterocycles. The summed E-state index contributed by atoms with van der Waals surface area (Å²) < 4.78 is 17.0. The second-order valence-corrected chi connectivity index (χ2v) is 9.27. The number of rotatable bonds is 8. The zero-order valence-corrected chi connectivity index (χ0v) is 21.4. The van der Waals surface area contributed by atoms with Gasteiger partial charge >= 0.3 is 0 Å². The van der Waals surface area contributed by atoms with Gasteiger partial charge in [-0.2, -0.15) is 0 Å². The summed E-state index contributed by atoms with van der Waals surface area (Å²) in [6, 6.07) is 12.9. The number of anilines is 1. The van der Waals surface area contributed by atoms with Crippen molar-refractivity contribution in [1.29, 1.82) is 0 Å². The average Bonchev–Trinajstić information content (AvgIpc) is 3.13. The predicted molar refractivity (Wildman–Crippen MR) is 142 cm³/mol. The van der Waals surface area contributed by atoms with Gasteiger partial charge in [-0.15, -0.1) is 0 Å². The smallest absolute Gasteiger partial charge is 0.287 e. The highest BCUT2D eigenvalue weighted by Crippen LogP contribution is 2.39. The molecule has 0 unspecified atom stereocenters. The first-order chi connectivity index (χ1) is 17.3. The van der Waals surface area contributed by atoms with Crippen LogP contribution in [0.5, 0.6) is 23.1 Å². The zero-order valence-electron chi connectivity index (χ0n) is 19.0. The van der Waals surface area contributed by atoms with Gasteiger partial charge in [0.1, 0.15) is 11.9 Å². The van der Waals surface area contributed by atoms with Crippen LogP contribution in [0, 0.1) is 10.1 Å². The number of ether oxygens (including phenoxy) is 3. The topological polar surface area (TPSA) is 104 Å². The van der Waals surface area contributed by atoms with E-state index in [1.165, 1.54) is 35.9 Å². The minimum Gasteiger partial charge on any atom is -0.495 e. The van der Waals surface area contributed by atoms with Crippen LogP contribution in [-0.2, 0) is 4.79 Å². The molecule has 184 valence electrons. The van der Waals surface area contributed by atoms with Crippen LogP contribution in [-0.4, -0.2) is 33.9 Å². The van der Waals surface area contributed by atoms with E-state index in [4.69, 9.17) is 38.0 Å². The van der Waals surface area contributed by atoms with Gasteiger partial charge in [-0.3, -0.25) is 19.8 Å². The van der Waals surface area contributed by atoms with E-state index in [1.807, 2.05) is 6.92 Å². The van der Waals surface area contributed by atoms with E-state index in [9.17, 15) is 14.9 Å². The number of aromatic nitrogens is 1. The van der Waals surface area contributed by atoms with Crippen LogP contribution in [0.15, 0.2) is 59.6 Å². The summed E-state index contributed by atoms with van der Waals surface area (Å²) >= 11 is 12.8. The molecule has 2 heterocycles. The van der Waals surface area contributed by atoms with Crippen LogP contribution >= 0.6 is 35.6 Å². The normalized spacial score (nSPS) is 14.3. The maximum absolute atomic E-state index is 13.1. The van der Waals surface area contributed by atoms with Gasteiger partial charge in [0.05, 0.1) is 34.3 Å². The number of nitrogens with zero attached hydrogens (tertiary/aromatic N) is 3. The molecule has 9 nitrogen and oxygen atoms in total. The maximum atomic E-state index is 13.1. The average molecular weight is 544 g/mol. The lowest BCUT2D eigenvalue weighted by atomic mass is 10.1. The molecule has 1 fully saturated rings. The number of carbonyl (C=O) groups is 1. The summed E-state index contributed by atoms with van der Waals surface area (Å²) in [5.41, 5.74) is 1.09. The van der Waals surface area contributed by atoms with Crippen molar-refractivity contribution in [2.24, 2.45) is 0 Å². The largest absolute Gasteiger partial charge is 0.495 e. The lowest BCUT2D eigenvalue weighted by molar-refractivity contribution is -0.385. The summed E-state index contributed by atoms with van der Waals surface area (Å²) in [5.74, 6) is 1.18. The fraction of sp³-hybridized carbons (Fsp3) is 0.125. The molecule has 0 spiro atoms. The van der Waals surface area contributed by atoms with Crippen molar-refractivity contribution < 1.29 is 23.9 Å². The van der Waals surface area contributed by atoms with Gasteiger partial charge in [0.25, 0.3) is 11.6 Å². The summed E-state index contributed by atoms with van der Waals surface area (Å²) in [4.78, 5) is 29.2. The molecule has 0 atom stereocenters. The quantitative estimate of drug-likeness (QED) is 0.141. The molecular formula is C24H18ClN3O6S2. The van der Waals surface area contributed by atoms with Crippen LogP contribution < -0.4 is 19.1 Å². The monoisotopic (exact) mass is 543 g/mol. The van der Waals surface area contributed by atoms with E-state index >= 15 is 0 Å². The Balaban J connectivity index is 1.58. The van der Waals surface area contributed by atoms with Gasteiger partial charge < -0.3 is 14.2 Å². The van der Waals surface area contributed by atoms with Crippen molar-refractivity contribution in [1.82, 2.24) is 4.98 Å². The van der Waals surface area contributed by atoms with E-state index in [1.54, 1.807) is 42.5 Å². The molecule has 1 aliphatic heterocycles. The Morgan fingerprint density at radius 3 is 2.58 bits per heavy atom. The van der Waals surface area contributed by atoms with Gasteiger partial charge in [0.2, 0.25) is 5.88 Å². The number of benzene rings is 2. The van der Waals surface area contributed by atoms with Crippen molar-refractivity contribution >= 4 is 63.3 Å². The highest BCUT2D eigenvalue weighted by molar-refractivity contribution is 8.27. The van der Waals surface area contributed by atoms with Crippen LogP contribution in [0.25, 0.3) is 6.08 Å². The van der Waals surface area contributed by atoms with Crippen LogP contribution in [0.1, 0.15) is 12.5 Å². The van der Waals surface area contributed by atoms with Crippen molar-refractivity contribution in [2.75, 3.05) is 18.6 Å². The maximum Gasteiger partial charge on any atom is 0.287 e. The standard InChI is InChI=1S/C24H18ClN3O6S2/c1-3-33-20-10-14(4-7-19(20)34-22-9-6-16(13-26-22)28(30)31)11-21-23(29)27(24(35)36-21)15-5-8-18(32-2)17(25)12-15/h4-13H,3H2,1-2H3/b21-11-. The Morgan fingerprint density at radius 1 is 1.17 bits per heavy atom. The lowest BCUT2D eigenvalue weighted by Crippen LogP contribution is -2.27. The third kappa shape index (κ3) is 5.43. The van der Waals surface area contributed by atoms with Crippen molar-refractivity contribution in [3.8, 4) is 23.1 Å². The second-order valence-electron chi connectivity index (χ2n) is 7.19. The Hall–Kier alpha value is -3.67. The van der Waals surface area contributed by atoms with Crippen LogP contribution in [0.4, 0.5) is 11.4 Å². The fourth-order valence-electron chi connectivity index (χ4n) is 3.26. The molecule has 12 heteroatoms. The minimum absolute atomic E-state index is 0.142. The number of hydrogen-bond acceptors (Lipinski definition) is 9. The molecule has 36 heavy (non-hydrogen) atoms. The first-order valence-electron chi connectivity index (χ1n) is 10.5. The molecule has 0 saturated carbocycles. The number of halogens is 1. The molecular weight excluding hydrogens is 526 g/mol. The Kier molecular flexibility index (Phi) is 7.73. The highest BCUT2D eigenvalue weighted by atomic mass is 35.5. The number of nitro groups is 1. The molecule has 0 radical (unpaired) electrons. The molecule has 0 aliphatic carbocycles. The molecule has 1 amide bonds. The molecule has 4 rings (SSSR count). The number of carbonyl (C=O) groups excluding carboxylic acids is 1. The number of methoxy groups -OCH3 is 1. The molecule has 0 N–H and O–H groups in total. The van der Waals surface area contributed by atoms with Gasteiger partial charge in [0, 0.05) is 12.1 Å². The number of amides is 1. The lowest BCUT2D eigenvalue weighted by Gasteiger charge is -2.15. The Morgan fingerprint density at radius 2 is 1.94 bits per heavy atom. The van der Waals surface area contributed by atoms with E-state index in [0.29, 0.717) is 49.4 Å². The summed E-state index contributed by atoms with van der Waals surface area (Å²) in [7, 11) is 1.51. The van der Waals surface area contributed by atoms with Crippen LogP contribution in [0.3, 0.4) is 0 Å². The SMILES string of the molecule is CCOc1cc(/C=C2\SC(=S)N(c3ccc(OC)c(Cl)c3)C2=O)ccc1Oc1ccc([N+](=O)[O-])cn1. The Labute approximate surface area is 220 Å². The van der Waals surface area contributed by atoms with E-state index in [2.05, 4.69) is 4.98 Å². The van der Waals surface area contributed by atoms with Gasteiger partial charge in [-0.1, -0.05) is 41.6 Å². The number of hydrogen-bond donors (Lipinski definition) is 0. The second kappa shape index (κ2) is 10.9. The molecule has 0 bridgehead atoms. The number of pyridine rings is 1. The highest BCUT2D eigenvalue weighted by Gasteiger charge is 2.33. The van der Waals surface area contributed by atoms with Gasteiger partial charge in [-0.25, -0.2) is 4.98 Å². The van der Waals surface area contributed by atoms with Crippen LogP contribution in [0.2, 0.25) is 5.02 Å². The van der Waals surface area contributed by atoms with E-state index in [-0.39, 0.29) is 17.5 Å². The zero-order chi connectivity index (χ0) is 25.8. The molecule has 1 saturated heterocycles. The van der Waals surface area contributed by atoms with Crippen molar-refractivity contribution in [2.45, 2.75) is 6.92 Å². The predicted octanol–water partition coefficient (Wildman–Crippen LogP) is 6.25. The van der Waals surface area contributed by atoms with E-state index in [0.717, 1.165) is 6.20 Å². The molecule has 2 aromatic carbocycles. The first kappa shape index (κ1) is 25.4. The van der Waals surface area contributed by atoms with Crippen molar-refractivity contribution in [3.05, 3.63) is 80.3 Å². The minimum atomic E-state index is -0.539. The Bertz CT molecular complexity index is 1380.